The molecular weight excluding hydrogens is 501 g/mol. The number of nitrogens with zero attached hydrogens (tertiary/aromatic N) is 4. The second-order valence-corrected chi connectivity index (χ2v) is 8.93. The van der Waals surface area contributed by atoms with Crippen molar-refractivity contribution in [2.75, 3.05) is 23.3 Å². The van der Waals surface area contributed by atoms with Crippen LogP contribution < -0.4 is 15.0 Å². The lowest BCUT2D eigenvalue weighted by atomic mass is 10.1. The summed E-state index contributed by atoms with van der Waals surface area (Å²) in [6.45, 7) is 5.23. The molecule has 9 nitrogen and oxygen atoms in total. The predicted molar refractivity (Wildman–Crippen MR) is 127 cm³/mol. The van der Waals surface area contributed by atoms with Gasteiger partial charge in [-0.1, -0.05) is 11.6 Å². The third-order valence-electron chi connectivity index (χ3n) is 5.43. The summed E-state index contributed by atoms with van der Waals surface area (Å²) in [7, 11) is 0. The summed E-state index contributed by atoms with van der Waals surface area (Å²) in [5, 5.41) is 16.8. The molecule has 1 aromatic heterocycles. The molecule has 4 rings (SSSR count). The smallest absolute Gasteiger partial charge is 0.393 e. The maximum Gasteiger partial charge on any atom is 0.393 e. The van der Waals surface area contributed by atoms with Crippen LogP contribution in [0.25, 0.3) is 11.4 Å². The number of H-pyrrole nitrogens is 1. The number of aromatic nitrogens is 4. The number of morpholine rings is 1. The van der Waals surface area contributed by atoms with Crippen LogP contribution in [0.5, 0.6) is 5.75 Å². The normalized spacial score (nSPS) is 19.1. The molecule has 1 unspecified atom stereocenters. The molecular formula is C23H24ClF3N6O3. The van der Waals surface area contributed by atoms with Crippen molar-refractivity contribution in [2.24, 2.45) is 0 Å². The Morgan fingerprint density at radius 2 is 1.92 bits per heavy atom. The Bertz CT molecular complexity index is 1170. The van der Waals surface area contributed by atoms with E-state index in [1.807, 2.05) is 13.8 Å². The topological polar surface area (TPSA) is 105 Å². The molecule has 3 atom stereocenters. The first kappa shape index (κ1) is 25.7. The zero-order valence-electron chi connectivity index (χ0n) is 19.4. The van der Waals surface area contributed by atoms with Crippen molar-refractivity contribution in [3.8, 4) is 17.1 Å². The fraction of sp³-hybridized carbons (Fsp3) is 0.391. The molecule has 1 aliphatic heterocycles. The van der Waals surface area contributed by atoms with Crippen molar-refractivity contribution in [1.29, 1.82) is 0 Å². The zero-order valence-corrected chi connectivity index (χ0v) is 20.2. The highest BCUT2D eigenvalue weighted by molar-refractivity contribution is 6.30. The molecule has 2 N–H and O–H groups in total. The third kappa shape index (κ3) is 6.64. The Morgan fingerprint density at radius 1 is 1.22 bits per heavy atom. The molecule has 2 aromatic carbocycles. The van der Waals surface area contributed by atoms with Gasteiger partial charge in [0.15, 0.2) is 6.10 Å². The van der Waals surface area contributed by atoms with Crippen LogP contribution in [0.3, 0.4) is 0 Å². The van der Waals surface area contributed by atoms with E-state index in [9.17, 15) is 18.0 Å². The number of carbonyl (C=O) groups excluding carboxylic acids is 1. The Balaban J connectivity index is 1.61. The number of alkyl halides is 3. The zero-order chi connectivity index (χ0) is 25.9. The second kappa shape index (κ2) is 10.7. The Hall–Kier alpha value is -3.38. The van der Waals surface area contributed by atoms with Crippen LogP contribution in [0, 0.1) is 0 Å². The lowest BCUT2D eigenvalue weighted by Crippen LogP contribution is -2.45. The summed E-state index contributed by atoms with van der Waals surface area (Å²) in [6, 6.07) is 10.8. The fourth-order valence-corrected chi connectivity index (χ4v) is 4.10. The number of hydrogen-bond donors (Lipinski definition) is 2. The van der Waals surface area contributed by atoms with Gasteiger partial charge in [-0.2, -0.15) is 18.4 Å². The number of halogens is 4. The Morgan fingerprint density at radius 3 is 2.53 bits per heavy atom. The molecule has 0 aliphatic carbocycles. The van der Waals surface area contributed by atoms with E-state index in [-0.39, 0.29) is 29.5 Å². The summed E-state index contributed by atoms with van der Waals surface area (Å²) in [5.41, 5.74) is 1.42. The van der Waals surface area contributed by atoms with Crippen molar-refractivity contribution in [3.05, 3.63) is 47.5 Å². The molecule has 0 radical (unpaired) electrons. The molecule has 0 spiro atoms. The first-order chi connectivity index (χ1) is 17.1. The number of benzene rings is 2. The lowest BCUT2D eigenvalue weighted by molar-refractivity contribution is -0.158. The van der Waals surface area contributed by atoms with Crippen LogP contribution >= 0.6 is 11.6 Å². The maximum atomic E-state index is 13.3. The SMILES string of the molecule is CC1CN(c2ccc(NC(=O)[C@H](CC(F)(F)F)Oc3ccc(Cl)cc3)c(-c3nn[nH]n3)c2)C[C@H](C)O1. The monoisotopic (exact) mass is 524 g/mol. The summed E-state index contributed by atoms with van der Waals surface area (Å²) >= 11 is 5.83. The first-order valence-electron chi connectivity index (χ1n) is 11.2. The van der Waals surface area contributed by atoms with Gasteiger partial charge in [0.25, 0.3) is 5.91 Å². The van der Waals surface area contributed by atoms with Crippen LogP contribution in [0.15, 0.2) is 42.5 Å². The van der Waals surface area contributed by atoms with Gasteiger partial charge >= 0.3 is 6.18 Å². The van der Waals surface area contributed by atoms with Crippen LogP contribution in [0.1, 0.15) is 20.3 Å². The Labute approximate surface area is 209 Å². The van der Waals surface area contributed by atoms with Gasteiger partial charge < -0.3 is 19.7 Å². The molecule has 1 saturated heterocycles. The van der Waals surface area contributed by atoms with Crippen molar-refractivity contribution in [3.63, 3.8) is 0 Å². The summed E-state index contributed by atoms with van der Waals surface area (Å²) in [6.07, 6.45) is -7.95. The van der Waals surface area contributed by atoms with Gasteiger partial charge in [-0.05, 0) is 61.5 Å². The number of anilines is 2. The third-order valence-corrected chi connectivity index (χ3v) is 5.69. The highest BCUT2D eigenvalue weighted by Gasteiger charge is 2.37. The molecule has 1 fully saturated rings. The van der Waals surface area contributed by atoms with Crippen molar-refractivity contribution in [1.82, 2.24) is 20.6 Å². The molecule has 1 amide bonds. The molecule has 0 saturated carbocycles. The molecule has 1 aliphatic rings. The number of rotatable bonds is 7. The van der Waals surface area contributed by atoms with Gasteiger partial charge in [-0.3, -0.25) is 4.79 Å². The van der Waals surface area contributed by atoms with Gasteiger partial charge in [0.1, 0.15) is 5.75 Å². The molecule has 192 valence electrons. The van der Waals surface area contributed by atoms with Crippen LogP contribution in [0.4, 0.5) is 24.5 Å². The fourth-order valence-electron chi connectivity index (χ4n) is 3.98. The first-order valence-corrected chi connectivity index (χ1v) is 11.5. The lowest BCUT2D eigenvalue weighted by Gasteiger charge is -2.37. The van der Waals surface area contributed by atoms with E-state index in [1.54, 1.807) is 18.2 Å². The molecule has 0 bridgehead atoms. The minimum atomic E-state index is -4.64. The number of hydrogen-bond acceptors (Lipinski definition) is 7. The van der Waals surface area contributed by atoms with Gasteiger partial charge in [0, 0.05) is 29.4 Å². The van der Waals surface area contributed by atoms with Gasteiger partial charge in [-0.25, -0.2) is 0 Å². The van der Waals surface area contributed by atoms with Gasteiger partial charge in [-0.15, -0.1) is 10.2 Å². The number of tetrazole rings is 1. The van der Waals surface area contributed by atoms with E-state index < -0.39 is 24.6 Å². The van der Waals surface area contributed by atoms with E-state index in [4.69, 9.17) is 21.1 Å². The Kier molecular flexibility index (Phi) is 7.65. The van der Waals surface area contributed by atoms with Crippen LogP contribution in [-0.4, -0.2) is 64.1 Å². The quantitative estimate of drug-likeness (QED) is 0.469. The predicted octanol–water partition coefficient (Wildman–Crippen LogP) is 4.47. The average Bonchev–Trinajstić information content (AvgIpc) is 3.33. The number of carbonyl (C=O) groups is 1. The van der Waals surface area contributed by atoms with Crippen molar-refractivity contribution < 1.29 is 27.4 Å². The number of nitrogens with one attached hydrogen (secondary N) is 2. The molecule has 2 heterocycles. The number of amides is 1. The highest BCUT2D eigenvalue weighted by Crippen LogP contribution is 2.32. The van der Waals surface area contributed by atoms with E-state index in [0.717, 1.165) is 5.69 Å². The summed E-state index contributed by atoms with van der Waals surface area (Å²) in [5.74, 6) is -0.728. The molecule has 36 heavy (non-hydrogen) atoms. The van der Waals surface area contributed by atoms with E-state index in [2.05, 4.69) is 30.8 Å². The van der Waals surface area contributed by atoms with Crippen molar-refractivity contribution in [2.45, 2.75) is 44.8 Å². The van der Waals surface area contributed by atoms with Crippen LogP contribution in [0.2, 0.25) is 5.02 Å². The van der Waals surface area contributed by atoms with Crippen LogP contribution in [-0.2, 0) is 9.53 Å². The molecule has 3 aromatic rings. The standard InChI is InChI=1S/C23H24ClF3N6O3/c1-13-11-33(12-14(2)35-13)16-5-8-19(18(9-16)21-29-31-32-30-21)28-22(34)20(10-23(25,26)27)36-17-6-3-15(24)4-7-17/h3-9,13-14,20H,10-12H2,1-2H3,(H,28,34)(H,29,30,31,32)/t13-,14?,20-/m0/s1. The van der Waals surface area contributed by atoms with E-state index in [1.165, 1.54) is 24.3 Å². The summed E-state index contributed by atoms with van der Waals surface area (Å²) in [4.78, 5) is 15.1. The summed E-state index contributed by atoms with van der Waals surface area (Å²) < 4.78 is 51.0. The number of aromatic amines is 1. The minimum absolute atomic E-state index is 0.00916. The van der Waals surface area contributed by atoms with Gasteiger partial charge in [0.05, 0.1) is 24.3 Å². The largest absolute Gasteiger partial charge is 0.480 e. The van der Waals surface area contributed by atoms with Crippen molar-refractivity contribution >= 4 is 28.9 Å². The van der Waals surface area contributed by atoms with Gasteiger partial charge in [0.2, 0.25) is 5.82 Å². The van der Waals surface area contributed by atoms with E-state index in [0.29, 0.717) is 23.7 Å². The second-order valence-electron chi connectivity index (χ2n) is 8.50. The number of ether oxygens (including phenoxy) is 2. The molecule has 13 heteroatoms. The minimum Gasteiger partial charge on any atom is -0.480 e. The highest BCUT2D eigenvalue weighted by atomic mass is 35.5. The average molecular weight is 525 g/mol. The van der Waals surface area contributed by atoms with E-state index >= 15 is 0 Å². The maximum absolute atomic E-state index is 13.3.